The van der Waals surface area contributed by atoms with Crippen LogP contribution in [0.2, 0.25) is 0 Å². The number of benzene rings is 2. The quantitative estimate of drug-likeness (QED) is 0.179. The van der Waals surface area contributed by atoms with Crippen molar-refractivity contribution in [3.8, 4) is 34.3 Å². The lowest BCUT2D eigenvalue weighted by atomic mass is 9.98. The predicted molar refractivity (Wildman–Crippen MR) is 168 cm³/mol. The van der Waals surface area contributed by atoms with Gasteiger partial charge in [-0.2, -0.15) is 0 Å². The molecule has 16 nitrogen and oxygen atoms in total. The summed E-state index contributed by atoms with van der Waals surface area (Å²) in [4.78, 5) is 72.9. The number of fused-ring (bicyclic) bond motifs is 1. The van der Waals surface area contributed by atoms with Crippen LogP contribution in [-0.2, 0) is 47.7 Å². The molecule has 5 atom stereocenters. The van der Waals surface area contributed by atoms with Crippen LogP contribution in [0, 0.1) is 0 Å². The molecule has 0 saturated carbocycles. The summed E-state index contributed by atoms with van der Waals surface area (Å²) in [6.45, 7) is 5.04. The van der Waals surface area contributed by atoms with Gasteiger partial charge in [-0.1, -0.05) is 0 Å². The normalized spacial score (nSPS) is 20.1. The largest absolute Gasteiger partial charge is 0.506 e. The fourth-order valence-corrected chi connectivity index (χ4v) is 5.36. The Morgan fingerprint density at radius 3 is 2.02 bits per heavy atom. The van der Waals surface area contributed by atoms with Gasteiger partial charge >= 0.3 is 29.8 Å². The Morgan fingerprint density at radius 2 is 1.43 bits per heavy atom. The molecule has 1 aliphatic heterocycles. The van der Waals surface area contributed by atoms with Gasteiger partial charge in [-0.3, -0.25) is 28.8 Å². The molecule has 0 bridgehead atoms. The van der Waals surface area contributed by atoms with Crippen LogP contribution < -0.4 is 19.6 Å². The van der Waals surface area contributed by atoms with Crippen molar-refractivity contribution in [3.63, 3.8) is 0 Å². The van der Waals surface area contributed by atoms with Gasteiger partial charge in [0, 0.05) is 52.3 Å². The minimum atomic E-state index is -1.66. The molecular formula is C32H31BrO16. The number of hydrogen-bond acceptors (Lipinski definition) is 16. The van der Waals surface area contributed by atoms with E-state index in [4.69, 9.17) is 42.3 Å². The highest BCUT2D eigenvalue weighted by atomic mass is 79.9. The van der Waals surface area contributed by atoms with Gasteiger partial charge in [-0.15, -0.1) is 0 Å². The molecule has 0 aliphatic carbocycles. The van der Waals surface area contributed by atoms with Crippen LogP contribution in [0.3, 0.4) is 0 Å². The number of phenols is 1. The van der Waals surface area contributed by atoms with Crippen LogP contribution in [-0.4, -0.2) is 79.4 Å². The third-order valence-electron chi connectivity index (χ3n) is 6.79. The van der Waals surface area contributed by atoms with Crippen LogP contribution in [0.25, 0.3) is 22.3 Å². The minimum absolute atomic E-state index is 0.00789. The maximum absolute atomic E-state index is 13.2. The lowest BCUT2D eigenvalue weighted by Crippen LogP contribution is -2.63. The standard InChI is InChI=1S/C32H31BrO16/c1-13(34)42-12-25-29(44-15(3)36)30(45-16(4)37)31(46-17(5)38)32(49-25)48-24-11-23-26(28(40)27(24)33)19(39)10-21(47-23)18-7-8-20(41-6)22(9-18)43-14(2)35/h7-11,25,29-32,40H,12H2,1-6H3/t25-,29-,30+,31-,32-/m1/s1. The molecule has 0 amide bonds. The molecule has 1 fully saturated rings. The molecule has 1 saturated heterocycles. The predicted octanol–water partition coefficient (Wildman–Crippen LogP) is 3.32. The molecule has 2 aromatic carbocycles. The van der Waals surface area contributed by atoms with Crippen molar-refractivity contribution >= 4 is 56.7 Å². The first kappa shape index (κ1) is 36.7. The number of halogens is 1. The Morgan fingerprint density at radius 1 is 0.796 bits per heavy atom. The van der Waals surface area contributed by atoms with E-state index < -0.39 is 78.3 Å². The number of aromatic hydroxyl groups is 1. The van der Waals surface area contributed by atoms with E-state index in [-0.39, 0.29) is 38.5 Å². The van der Waals surface area contributed by atoms with Crippen molar-refractivity contribution < 1.29 is 71.4 Å². The second kappa shape index (κ2) is 15.4. The molecule has 0 radical (unpaired) electrons. The number of rotatable bonds is 10. The molecule has 0 spiro atoms. The average Bonchev–Trinajstić information content (AvgIpc) is 3.00. The Labute approximate surface area is 286 Å². The topological polar surface area (TPSA) is 210 Å². The number of carbonyl (C=O) groups excluding carboxylic acids is 5. The van der Waals surface area contributed by atoms with Crippen LogP contribution in [0.1, 0.15) is 34.6 Å². The molecular weight excluding hydrogens is 720 g/mol. The summed E-state index contributed by atoms with van der Waals surface area (Å²) in [6.07, 6.45) is -7.51. The molecule has 262 valence electrons. The van der Waals surface area contributed by atoms with Crippen molar-refractivity contribution in [1.29, 1.82) is 0 Å². The van der Waals surface area contributed by atoms with Crippen LogP contribution in [0.4, 0.5) is 0 Å². The molecule has 17 heteroatoms. The third-order valence-corrected chi connectivity index (χ3v) is 7.56. The molecule has 1 aromatic heterocycles. The lowest BCUT2D eigenvalue weighted by Gasteiger charge is -2.44. The Balaban J connectivity index is 1.83. The van der Waals surface area contributed by atoms with Gasteiger partial charge in [0.25, 0.3) is 0 Å². The second-order valence-electron chi connectivity index (χ2n) is 10.5. The van der Waals surface area contributed by atoms with Gasteiger partial charge in [-0.25, -0.2) is 0 Å². The monoisotopic (exact) mass is 750 g/mol. The van der Waals surface area contributed by atoms with Crippen molar-refractivity contribution in [3.05, 3.63) is 45.0 Å². The average molecular weight is 751 g/mol. The maximum atomic E-state index is 13.2. The van der Waals surface area contributed by atoms with E-state index in [9.17, 15) is 33.9 Å². The molecule has 1 aliphatic rings. The van der Waals surface area contributed by atoms with E-state index in [0.717, 1.165) is 33.8 Å². The number of methoxy groups -OCH3 is 1. The zero-order chi connectivity index (χ0) is 36.2. The van der Waals surface area contributed by atoms with E-state index in [2.05, 4.69) is 15.9 Å². The fraction of sp³-hybridized carbons (Fsp3) is 0.375. The van der Waals surface area contributed by atoms with E-state index >= 15 is 0 Å². The van der Waals surface area contributed by atoms with Crippen LogP contribution >= 0.6 is 15.9 Å². The summed E-state index contributed by atoms with van der Waals surface area (Å²) in [5.41, 5.74) is -0.521. The minimum Gasteiger partial charge on any atom is -0.506 e. The molecule has 49 heavy (non-hydrogen) atoms. The van der Waals surface area contributed by atoms with Crippen LogP contribution in [0.15, 0.2) is 44.0 Å². The Bertz CT molecular complexity index is 1850. The summed E-state index contributed by atoms with van der Waals surface area (Å²) >= 11 is 3.20. The number of esters is 5. The van der Waals surface area contributed by atoms with Gasteiger partial charge in [0.2, 0.25) is 12.4 Å². The molecule has 0 unspecified atom stereocenters. The van der Waals surface area contributed by atoms with Crippen molar-refractivity contribution in [2.24, 2.45) is 0 Å². The van der Waals surface area contributed by atoms with E-state index in [1.54, 1.807) is 6.07 Å². The molecule has 4 rings (SSSR count). The second-order valence-corrected chi connectivity index (χ2v) is 11.3. The zero-order valence-electron chi connectivity index (χ0n) is 26.9. The summed E-state index contributed by atoms with van der Waals surface area (Å²) in [6, 6.07) is 6.81. The molecule has 3 aromatic rings. The van der Waals surface area contributed by atoms with Gasteiger partial charge in [0.1, 0.15) is 45.4 Å². The van der Waals surface area contributed by atoms with E-state index in [1.165, 1.54) is 32.2 Å². The fourth-order valence-electron chi connectivity index (χ4n) is 4.96. The Hall–Kier alpha value is -5.16. The number of hydrogen-bond donors (Lipinski definition) is 1. The van der Waals surface area contributed by atoms with Gasteiger partial charge in [0.15, 0.2) is 29.1 Å². The van der Waals surface area contributed by atoms with Crippen molar-refractivity contribution in [1.82, 2.24) is 0 Å². The summed E-state index contributed by atoms with van der Waals surface area (Å²) in [5.74, 6) is -4.34. The van der Waals surface area contributed by atoms with Crippen molar-refractivity contribution in [2.45, 2.75) is 65.3 Å². The van der Waals surface area contributed by atoms with E-state index in [1.807, 2.05) is 0 Å². The number of carbonyl (C=O) groups is 5. The Kier molecular flexibility index (Phi) is 11.5. The first-order valence-electron chi connectivity index (χ1n) is 14.4. The zero-order valence-corrected chi connectivity index (χ0v) is 28.5. The SMILES string of the molecule is COc1ccc(-c2cc(=O)c3c(O)c(Br)c(O[C@@H]4O[C@H](COC(C)=O)[C@@H](OC(C)=O)[C@H](OC(C)=O)[C@H]4OC(C)=O)cc3o2)cc1OC(C)=O. The molecule has 1 N–H and O–H groups in total. The van der Waals surface area contributed by atoms with Gasteiger partial charge < -0.3 is 47.4 Å². The highest BCUT2D eigenvalue weighted by molar-refractivity contribution is 9.10. The number of phenolic OH excluding ortho intramolecular Hbond substituents is 1. The highest BCUT2D eigenvalue weighted by Crippen LogP contribution is 2.42. The first-order valence-corrected chi connectivity index (χ1v) is 15.2. The number of ether oxygens (including phenoxy) is 8. The highest BCUT2D eigenvalue weighted by Gasteiger charge is 2.53. The summed E-state index contributed by atoms with van der Waals surface area (Å²) in [7, 11) is 1.38. The van der Waals surface area contributed by atoms with Gasteiger partial charge in [-0.05, 0) is 34.1 Å². The third kappa shape index (κ3) is 8.66. The van der Waals surface area contributed by atoms with E-state index in [0.29, 0.717) is 5.56 Å². The smallest absolute Gasteiger partial charge is 0.308 e. The molecule has 2 heterocycles. The summed E-state index contributed by atoms with van der Waals surface area (Å²) < 4.78 is 49.6. The van der Waals surface area contributed by atoms with Crippen molar-refractivity contribution in [2.75, 3.05) is 13.7 Å². The van der Waals surface area contributed by atoms with Gasteiger partial charge in [0.05, 0.1) is 7.11 Å². The lowest BCUT2D eigenvalue weighted by molar-refractivity contribution is -0.288. The van der Waals surface area contributed by atoms with Crippen LogP contribution in [0.5, 0.6) is 23.0 Å². The first-order chi connectivity index (χ1) is 23.1. The maximum Gasteiger partial charge on any atom is 0.308 e. The summed E-state index contributed by atoms with van der Waals surface area (Å²) in [5, 5.41) is 10.8.